The molecule has 0 radical (unpaired) electrons. The van der Waals surface area contributed by atoms with Crippen LogP contribution >= 0.6 is 11.6 Å². The molecular weight excluding hydrogens is 451 g/mol. The third-order valence-corrected chi connectivity index (χ3v) is 4.59. The van der Waals surface area contributed by atoms with Gasteiger partial charge in [-0.3, -0.25) is 4.79 Å². The molecule has 4 rings (SSSR count). The van der Waals surface area contributed by atoms with Gasteiger partial charge in [0.1, 0.15) is 5.75 Å². The topological polar surface area (TPSA) is 91.9 Å². The summed E-state index contributed by atoms with van der Waals surface area (Å²) in [6.45, 7) is -1.20. The van der Waals surface area contributed by atoms with Gasteiger partial charge in [0.25, 0.3) is 5.56 Å². The Morgan fingerprint density at radius 1 is 1.03 bits per heavy atom. The molecule has 0 N–H and O–H groups in total. The SMILES string of the molecule is O=c1nc2n(Cc3cnc(Cl)nc3)cccc-2c(=O)n1-c1ccc(OCC(F)(F)F)cc1. The van der Waals surface area contributed by atoms with E-state index in [1.165, 1.54) is 42.7 Å². The molecule has 0 spiro atoms. The standard InChI is InChI=1S/C20H13ClF3N5O3/c21-18-25-8-12(9-26-18)10-28-7-1-2-15-16(28)27-19(31)29(17(15)30)13-3-5-14(6-4-13)32-11-20(22,23)24/h1-9H,10-11H2. The lowest BCUT2D eigenvalue weighted by Gasteiger charge is -2.15. The molecule has 0 aliphatic carbocycles. The van der Waals surface area contributed by atoms with Crippen LogP contribution in [-0.2, 0) is 6.54 Å². The highest BCUT2D eigenvalue weighted by Gasteiger charge is 2.28. The van der Waals surface area contributed by atoms with E-state index < -0.39 is 24.0 Å². The highest BCUT2D eigenvalue weighted by molar-refractivity contribution is 6.28. The molecule has 2 aromatic rings. The van der Waals surface area contributed by atoms with E-state index in [1.54, 1.807) is 16.8 Å². The van der Waals surface area contributed by atoms with Gasteiger partial charge in [0, 0.05) is 24.2 Å². The van der Waals surface area contributed by atoms with E-state index in [9.17, 15) is 22.8 Å². The molecule has 1 aromatic heterocycles. The number of hydrogen-bond acceptors (Lipinski definition) is 6. The third kappa shape index (κ3) is 4.62. The normalized spacial score (nSPS) is 11.6. The van der Waals surface area contributed by atoms with Crippen molar-refractivity contribution in [2.75, 3.05) is 6.61 Å². The summed E-state index contributed by atoms with van der Waals surface area (Å²) < 4.78 is 44.0. The van der Waals surface area contributed by atoms with Crippen LogP contribution in [0.5, 0.6) is 5.75 Å². The Morgan fingerprint density at radius 3 is 2.38 bits per heavy atom. The monoisotopic (exact) mass is 463 g/mol. The second-order valence-electron chi connectivity index (χ2n) is 6.67. The molecule has 0 unspecified atom stereocenters. The fraction of sp³-hybridized carbons (Fsp3) is 0.150. The summed E-state index contributed by atoms with van der Waals surface area (Å²) in [7, 11) is 0. The van der Waals surface area contributed by atoms with Crippen molar-refractivity contribution >= 4 is 11.6 Å². The van der Waals surface area contributed by atoms with Gasteiger partial charge in [0.2, 0.25) is 5.28 Å². The second kappa shape index (κ2) is 8.42. The van der Waals surface area contributed by atoms with Crippen LogP contribution < -0.4 is 16.0 Å². The number of aromatic nitrogens is 5. The van der Waals surface area contributed by atoms with Crippen molar-refractivity contribution in [2.24, 2.45) is 0 Å². The summed E-state index contributed by atoms with van der Waals surface area (Å²) in [4.78, 5) is 37.5. The smallest absolute Gasteiger partial charge is 0.422 e. The first-order chi connectivity index (χ1) is 15.2. The molecule has 2 aliphatic heterocycles. The van der Waals surface area contributed by atoms with Gasteiger partial charge in [-0.15, -0.1) is 0 Å². The molecule has 0 saturated carbocycles. The third-order valence-electron chi connectivity index (χ3n) is 4.39. The Balaban J connectivity index is 1.69. The molecular formula is C20H13ClF3N5O3. The lowest BCUT2D eigenvalue weighted by atomic mass is 10.2. The Hall–Kier alpha value is -3.73. The van der Waals surface area contributed by atoms with Gasteiger partial charge in [-0.25, -0.2) is 19.3 Å². The van der Waals surface area contributed by atoms with Crippen molar-refractivity contribution in [3.63, 3.8) is 0 Å². The molecule has 164 valence electrons. The highest BCUT2D eigenvalue weighted by atomic mass is 35.5. The van der Waals surface area contributed by atoms with Crippen molar-refractivity contribution in [3.8, 4) is 22.8 Å². The molecule has 32 heavy (non-hydrogen) atoms. The lowest BCUT2D eigenvalue weighted by molar-refractivity contribution is -0.153. The number of ether oxygens (including phenoxy) is 1. The zero-order valence-electron chi connectivity index (χ0n) is 16.1. The van der Waals surface area contributed by atoms with Gasteiger partial charge in [0.15, 0.2) is 12.4 Å². The number of alkyl halides is 3. The van der Waals surface area contributed by atoms with E-state index >= 15 is 0 Å². The van der Waals surface area contributed by atoms with Gasteiger partial charge in [-0.1, -0.05) is 0 Å². The van der Waals surface area contributed by atoms with E-state index in [2.05, 4.69) is 19.7 Å². The summed E-state index contributed by atoms with van der Waals surface area (Å²) in [5.41, 5.74) is -0.446. The molecule has 0 fully saturated rings. The van der Waals surface area contributed by atoms with E-state index in [-0.39, 0.29) is 34.7 Å². The number of fused-ring (bicyclic) bond motifs is 1. The van der Waals surface area contributed by atoms with Crippen molar-refractivity contribution in [2.45, 2.75) is 12.7 Å². The van der Waals surface area contributed by atoms with Crippen molar-refractivity contribution in [1.82, 2.24) is 24.1 Å². The molecule has 12 heteroatoms. The first-order valence-electron chi connectivity index (χ1n) is 9.10. The average molecular weight is 464 g/mol. The number of benzene rings is 1. The van der Waals surface area contributed by atoms with Crippen LogP contribution in [0, 0.1) is 0 Å². The molecule has 0 amide bonds. The van der Waals surface area contributed by atoms with Crippen molar-refractivity contribution < 1.29 is 17.9 Å². The summed E-state index contributed by atoms with van der Waals surface area (Å²) >= 11 is 5.69. The van der Waals surface area contributed by atoms with Gasteiger partial charge < -0.3 is 9.30 Å². The minimum Gasteiger partial charge on any atom is -0.484 e. The Bertz CT molecular complexity index is 1340. The Kier molecular flexibility index (Phi) is 5.66. The van der Waals surface area contributed by atoms with Gasteiger partial charge in [0.05, 0.1) is 17.8 Å². The maximum Gasteiger partial charge on any atom is 0.422 e. The molecule has 0 atom stereocenters. The highest BCUT2D eigenvalue weighted by Crippen LogP contribution is 2.20. The van der Waals surface area contributed by atoms with E-state index in [4.69, 9.17) is 11.6 Å². The predicted molar refractivity (Wildman–Crippen MR) is 108 cm³/mol. The summed E-state index contributed by atoms with van der Waals surface area (Å²) in [5.74, 6) is 0.113. The van der Waals surface area contributed by atoms with Crippen LogP contribution in [0.3, 0.4) is 0 Å². The number of halogens is 4. The molecule has 3 heterocycles. The van der Waals surface area contributed by atoms with Crippen LogP contribution in [0.25, 0.3) is 17.1 Å². The van der Waals surface area contributed by atoms with Crippen LogP contribution in [0.4, 0.5) is 13.2 Å². The van der Waals surface area contributed by atoms with E-state index in [1.807, 2.05) is 0 Å². The van der Waals surface area contributed by atoms with E-state index in [0.29, 0.717) is 5.56 Å². The average Bonchev–Trinajstić information content (AvgIpc) is 2.75. The van der Waals surface area contributed by atoms with Gasteiger partial charge >= 0.3 is 11.9 Å². The molecule has 2 aliphatic rings. The Labute approximate surface area is 182 Å². The number of pyridine rings is 1. The molecule has 1 aromatic carbocycles. The first kappa shape index (κ1) is 21.5. The molecule has 8 nitrogen and oxygen atoms in total. The number of nitrogens with zero attached hydrogens (tertiary/aromatic N) is 5. The van der Waals surface area contributed by atoms with Crippen molar-refractivity contribution in [1.29, 1.82) is 0 Å². The van der Waals surface area contributed by atoms with Crippen molar-refractivity contribution in [3.05, 3.63) is 86.7 Å². The number of rotatable bonds is 5. The lowest BCUT2D eigenvalue weighted by Crippen LogP contribution is -2.36. The summed E-state index contributed by atoms with van der Waals surface area (Å²) in [6, 6.07) is 8.25. The minimum atomic E-state index is -4.48. The maximum atomic E-state index is 13.0. The molecule has 0 saturated heterocycles. The fourth-order valence-corrected chi connectivity index (χ4v) is 3.11. The van der Waals surface area contributed by atoms with Crippen LogP contribution in [0.2, 0.25) is 5.28 Å². The van der Waals surface area contributed by atoms with Gasteiger partial charge in [-0.05, 0) is 48.0 Å². The summed E-state index contributed by atoms with van der Waals surface area (Å²) in [5, 5.41) is 0.0920. The zero-order valence-corrected chi connectivity index (χ0v) is 16.8. The predicted octanol–water partition coefficient (Wildman–Crippen LogP) is 2.93. The van der Waals surface area contributed by atoms with Crippen LogP contribution in [-0.4, -0.2) is 36.9 Å². The fourth-order valence-electron chi connectivity index (χ4n) is 3.01. The zero-order chi connectivity index (χ0) is 22.9. The summed E-state index contributed by atoms with van der Waals surface area (Å²) in [6.07, 6.45) is 0.208. The van der Waals surface area contributed by atoms with E-state index in [0.717, 1.165) is 4.57 Å². The van der Waals surface area contributed by atoms with Crippen LogP contribution in [0.1, 0.15) is 5.56 Å². The largest absolute Gasteiger partial charge is 0.484 e. The first-order valence-corrected chi connectivity index (χ1v) is 9.48. The van der Waals surface area contributed by atoms with Crippen LogP contribution in [0.15, 0.2) is 64.6 Å². The second-order valence-corrected chi connectivity index (χ2v) is 7.00. The molecule has 0 bridgehead atoms. The quantitative estimate of drug-likeness (QED) is 0.423. The maximum absolute atomic E-state index is 13.0. The number of hydrogen-bond donors (Lipinski definition) is 0. The Morgan fingerprint density at radius 2 is 1.72 bits per heavy atom. The minimum absolute atomic E-state index is 0.0525. The van der Waals surface area contributed by atoms with Gasteiger partial charge in [-0.2, -0.15) is 18.2 Å².